The zero-order valence-corrected chi connectivity index (χ0v) is 16.6. The van der Waals surface area contributed by atoms with E-state index in [-0.39, 0.29) is 17.1 Å². The van der Waals surface area contributed by atoms with Crippen molar-refractivity contribution in [1.29, 1.82) is 0 Å². The Hall–Kier alpha value is -3.88. The molecule has 0 radical (unpaired) electrons. The van der Waals surface area contributed by atoms with Crippen molar-refractivity contribution in [3.8, 4) is 5.75 Å². The van der Waals surface area contributed by atoms with Crippen LogP contribution in [0.15, 0.2) is 48.5 Å². The Morgan fingerprint density at radius 1 is 0.833 bits per heavy atom. The number of rotatable bonds is 7. The molecule has 30 heavy (non-hydrogen) atoms. The van der Waals surface area contributed by atoms with E-state index in [2.05, 4.69) is 10.1 Å². The predicted molar refractivity (Wildman–Crippen MR) is 108 cm³/mol. The van der Waals surface area contributed by atoms with Gasteiger partial charge in [-0.15, -0.1) is 0 Å². The maximum atomic E-state index is 11.1. The minimum Gasteiger partial charge on any atom is -0.478 e. The van der Waals surface area contributed by atoms with E-state index < -0.39 is 18.0 Å². The number of benzene rings is 2. The summed E-state index contributed by atoms with van der Waals surface area (Å²) >= 11 is 0. The monoisotopic (exact) mass is 417 g/mol. The molecule has 9 heteroatoms. The van der Waals surface area contributed by atoms with E-state index in [9.17, 15) is 19.2 Å². The summed E-state index contributed by atoms with van der Waals surface area (Å²) in [7, 11) is 0. The first-order chi connectivity index (χ1) is 14.3. The Kier molecular flexibility index (Phi) is 10.1. The Balaban J connectivity index is 0.000000300. The van der Waals surface area contributed by atoms with Crippen LogP contribution in [0.25, 0.3) is 0 Å². The van der Waals surface area contributed by atoms with E-state index >= 15 is 0 Å². The van der Waals surface area contributed by atoms with Crippen molar-refractivity contribution in [3.05, 3.63) is 59.7 Å². The fraction of sp³-hybridized carbons (Fsp3) is 0.238. The van der Waals surface area contributed by atoms with Crippen molar-refractivity contribution in [2.24, 2.45) is 0 Å². The summed E-state index contributed by atoms with van der Waals surface area (Å²) in [6.07, 6.45) is 0.535. The molecule has 0 saturated carbocycles. The maximum absolute atomic E-state index is 11.1. The molecule has 3 N–H and O–H groups in total. The third-order valence-electron chi connectivity index (χ3n) is 3.44. The largest absolute Gasteiger partial charge is 0.478 e. The second-order valence-corrected chi connectivity index (χ2v) is 5.78. The highest BCUT2D eigenvalue weighted by Gasteiger charge is 2.06. The number of carbonyl (C=O) groups excluding carboxylic acids is 2. The maximum Gasteiger partial charge on any atom is 0.411 e. The lowest BCUT2D eigenvalue weighted by Gasteiger charge is -2.04. The van der Waals surface area contributed by atoms with Gasteiger partial charge in [-0.3, -0.25) is 10.1 Å². The van der Waals surface area contributed by atoms with Gasteiger partial charge < -0.3 is 19.7 Å². The lowest BCUT2D eigenvalue weighted by Crippen LogP contribution is -2.13. The molecule has 2 aromatic rings. The van der Waals surface area contributed by atoms with E-state index in [0.717, 1.165) is 6.42 Å². The van der Waals surface area contributed by atoms with Gasteiger partial charge in [0.1, 0.15) is 5.75 Å². The molecule has 2 rings (SSSR count). The van der Waals surface area contributed by atoms with Gasteiger partial charge in [-0.25, -0.2) is 14.4 Å². The van der Waals surface area contributed by atoms with Crippen LogP contribution in [-0.4, -0.2) is 40.8 Å². The molecule has 0 aliphatic carbocycles. The molecule has 0 atom stereocenters. The number of carboxylic acids is 2. The van der Waals surface area contributed by atoms with Gasteiger partial charge in [0.2, 0.25) is 0 Å². The van der Waals surface area contributed by atoms with Crippen molar-refractivity contribution in [2.45, 2.75) is 26.7 Å². The molecule has 0 bridgehead atoms. The van der Waals surface area contributed by atoms with Gasteiger partial charge in [-0.1, -0.05) is 6.92 Å². The fourth-order valence-corrected chi connectivity index (χ4v) is 2.03. The van der Waals surface area contributed by atoms with E-state index in [1.54, 1.807) is 6.92 Å². The third-order valence-corrected chi connectivity index (χ3v) is 3.44. The molecule has 0 aliphatic rings. The summed E-state index contributed by atoms with van der Waals surface area (Å²) in [6.45, 7) is 3.88. The number of hydrogen-bond donors (Lipinski definition) is 3. The van der Waals surface area contributed by atoms with Crippen molar-refractivity contribution in [3.63, 3.8) is 0 Å². The molecule has 0 spiro atoms. The number of anilines is 1. The number of esters is 1. The summed E-state index contributed by atoms with van der Waals surface area (Å²) in [6, 6.07) is 11.6. The normalized spacial score (nSPS) is 9.53. The molecule has 0 saturated heterocycles. The van der Waals surface area contributed by atoms with Gasteiger partial charge in [0.15, 0.2) is 0 Å². The molecule has 0 aliphatic heterocycles. The SMILES string of the molecule is CCCC(=O)Oc1ccc(C(=O)O)cc1.CCOC(=O)Nc1ccc(C(=O)O)cc1. The van der Waals surface area contributed by atoms with Crippen LogP contribution in [-0.2, 0) is 9.53 Å². The number of carbonyl (C=O) groups is 4. The quantitative estimate of drug-likeness (QED) is 0.453. The van der Waals surface area contributed by atoms with E-state index in [1.165, 1.54) is 48.5 Å². The van der Waals surface area contributed by atoms with Crippen LogP contribution in [0, 0.1) is 0 Å². The van der Waals surface area contributed by atoms with Crippen molar-refractivity contribution in [2.75, 3.05) is 11.9 Å². The summed E-state index contributed by atoms with van der Waals surface area (Å²) < 4.78 is 9.61. The Morgan fingerprint density at radius 3 is 1.77 bits per heavy atom. The highest BCUT2D eigenvalue weighted by atomic mass is 16.5. The lowest BCUT2D eigenvalue weighted by atomic mass is 10.2. The summed E-state index contributed by atoms with van der Waals surface area (Å²) in [5.41, 5.74) is 0.841. The van der Waals surface area contributed by atoms with Gasteiger partial charge in [0, 0.05) is 12.1 Å². The predicted octanol–water partition coefficient (Wildman–Crippen LogP) is 4.04. The molecule has 160 valence electrons. The number of nitrogens with one attached hydrogen (secondary N) is 1. The third kappa shape index (κ3) is 8.87. The Morgan fingerprint density at radius 2 is 1.33 bits per heavy atom. The molecular weight excluding hydrogens is 394 g/mol. The molecular formula is C21H23NO8. The Labute approximate surface area is 173 Å². The molecule has 0 fully saturated rings. The van der Waals surface area contributed by atoms with Crippen LogP contribution in [0.3, 0.4) is 0 Å². The smallest absolute Gasteiger partial charge is 0.411 e. The zero-order chi connectivity index (χ0) is 22.5. The average molecular weight is 417 g/mol. The first-order valence-electron chi connectivity index (χ1n) is 9.08. The molecule has 1 amide bonds. The van der Waals surface area contributed by atoms with Crippen molar-refractivity contribution in [1.82, 2.24) is 0 Å². The first kappa shape index (κ1) is 24.2. The number of ether oxygens (including phenoxy) is 2. The van der Waals surface area contributed by atoms with Gasteiger partial charge in [-0.05, 0) is 61.9 Å². The second-order valence-electron chi connectivity index (χ2n) is 5.78. The molecule has 0 aromatic heterocycles. The van der Waals surface area contributed by atoms with Gasteiger partial charge in [0.25, 0.3) is 0 Å². The number of hydrogen-bond acceptors (Lipinski definition) is 6. The minimum atomic E-state index is -1.00. The molecule has 2 aromatic carbocycles. The van der Waals surface area contributed by atoms with Crippen LogP contribution in [0.1, 0.15) is 47.4 Å². The van der Waals surface area contributed by atoms with Crippen molar-refractivity contribution < 1.29 is 38.9 Å². The Bertz CT molecular complexity index is 786. The van der Waals surface area contributed by atoms with Crippen LogP contribution >= 0.6 is 0 Å². The van der Waals surface area contributed by atoms with Gasteiger partial charge >= 0.3 is 24.0 Å². The average Bonchev–Trinajstić information content (AvgIpc) is 2.69. The van der Waals surface area contributed by atoms with Gasteiger partial charge in [-0.2, -0.15) is 0 Å². The lowest BCUT2D eigenvalue weighted by molar-refractivity contribution is -0.134. The molecule has 9 nitrogen and oxygen atoms in total. The van der Waals surface area contributed by atoms with E-state index in [0.29, 0.717) is 24.5 Å². The fourth-order valence-electron chi connectivity index (χ4n) is 2.03. The van der Waals surface area contributed by atoms with Crippen LogP contribution in [0.2, 0.25) is 0 Å². The molecule has 0 unspecified atom stereocenters. The van der Waals surface area contributed by atoms with E-state index in [4.69, 9.17) is 14.9 Å². The molecule has 0 heterocycles. The summed E-state index contributed by atoms with van der Waals surface area (Å²) in [5.74, 6) is -1.93. The van der Waals surface area contributed by atoms with E-state index in [1.807, 2.05) is 6.92 Å². The first-order valence-corrected chi connectivity index (χ1v) is 9.08. The number of amides is 1. The van der Waals surface area contributed by atoms with Crippen LogP contribution in [0.5, 0.6) is 5.75 Å². The highest BCUT2D eigenvalue weighted by Crippen LogP contribution is 2.13. The van der Waals surface area contributed by atoms with Crippen LogP contribution in [0.4, 0.5) is 10.5 Å². The minimum absolute atomic E-state index is 0.171. The summed E-state index contributed by atoms with van der Waals surface area (Å²) in [4.78, 5) is 43.1. The second kappa shape index (κ2) is 12.6. The van der Waals surface area contributed by atoms with Gasteiger partial charge in [0.05, 0.1) is 17.7 Å². The standard InChI is InChI=1S/C11H12O4.C10H11NO4/c1-2-3-10(12)15-9-6-4-8(5-7-9)11(13)14;1-2-15-10(14)11-8-5-3-7(4-6-8)9(12)13/h4-7H,2-3H2,1H3,(H,13,14);3-6H,2H2,1H3,(H,11,14)(H,12,13). The van der Waals surface area contributed by atoms with Crippen LogP contribution < -0.4 is 10.1 Å². The highest BCUT2D eigenvalue weighted by molar-refractivity contribution is 5.89. The topological polar surface area (TPSA) is 139 Å². The number of aromatic carboxylic acids is 2. The van der Waals surface area contributed by atoms with Crippen molar-refractivity contribution >= 4 is 29.7 Å². The summed E-state index contributed by atoms with van der Waals surface area (Å²) in [5, 5.41) is 19.7. The zero-order valence-electron chi connectivity index (χ0n) is 16.6. The number of carboxylic acid groups (broad SMARTS) is 2.